The van der Waals surface area contributed by atoms with E-state index in [4.69, 9.17) is 11.6 Å². The van der Waals surface area contributed by atoms with Crippen molar-refractivity contribution < 1.29 is 18.0 Å². The highest BCUT2D eigenvalue weighted by Gasteiger charge is 2.55. The molecule has 2 aliphatic carbocycles. The van der Waals surface area contributed by atoms with Crippen LogP contribution in [-0.4, -0.2) is 6.29 Å². The van der Waals surface area contributed by atoms with Gasteiger partial charge in [0.05, 0.1) is 5.56 Å². The van der Waals surface area contributed by atoms with E-state index in [1.54, 1.807) is 0 Å². The molecule has 2 unspecified atom stereocenters. The van der Waals surface area contributed by atoms with Crippen molar-refractivity contribution in [3.8, 4) is 0 Å². The fourth-order valence-corrected chi connectivity index (χ4v) is 5.75. The minimum atomic E-state index is -4.34. The first-order valence-corrected chi connectivity index (χ1v) is 11.2. The summed E-state index contributed by atoms with van der Waals surface area (Å²) in [6.45, 7) is 0. The number of rotatable bonds is 5. The van der Waals surface area contributed by atoms with Crippen LogP contribution in [-0.2, 0) is 16.4 Å². The fourth-order valence-electron chi connectivity index (χ4n) is 5.63. The predicted molar refractivity (Wildman–Crippen MR) is 118 cm³/mol. The molecule has 2 aliphatic rings. The first kappa shape index (κ1) is 22.1. The molecule has 0 bridgehead atoms. The summed E-state index contributed by atoms with van der Waals surface area (Å²) in [5.41, 5.74) is 1.07. The number of carbonyl (C=O) groups is 1. The zero-order chi connectivity index (χ0) is 22.1. The van der Waals surface area contributed by atoms with E-state index in [-0.39, 0.29) is 16.7 Å². The van der Waals surface area contributed by atoms with E-state index >= 15 is 0 Å². The van der Waals surface area contributed by atoms with E-state index in [2.05, 4.69) is 18.2 Å². The van der Waals surface area contributed by atoms with Crippen LogP contribution in [0.3, 0.4) is 0 Å². The number of carbonyl (C=O) groups excluding carboxylic acids is 1. The van der Waals surface area contributed by atoms with Gasteiger partial charge in [0.1, 0.15) is 6.29 Å². The molecule has 0 aromatic heterocycles. The van der Waals surface area contributed by atoms with Crippen LogP contribution in [0.25, 0.3) is 6.08 Å². The van der Waals surface area contributed by atoms with E-state index in [0.29, 0.717) is 5.02 Å². The Balaban J connectivity index is 1.72. The second-order valence-electron chi connectivity index (χ2n) is 9.04. The molecule has 0 aliphatic heterocycles. The third kappa shape index (κ3) is 4.19. The minimum absolute atomic E-state index is 0.00998. The fraction of sp³-hybridized carbons (Fsp3) is 0.423. The Bertz CT molecular complexity index is 942. The number of alkyl halides is 3. The van der Waals surface area contributed by atoms with Crippen molar-refractivity contribution in [2.24, 2.45) is 11.3 Å². The molecule has 2 atom stereocenters. The number of allylic oxidation sites excluding steroid dienone is 1. The van der Waals surface area contributed by atoms with Crippen molar-refractivity contribution in [3.63, 3.8) is 0 Å². The van der Waals surface area contributed by atoms with Crippen molar-refractivity contribution in [1.29, 1.82) is 0 Å². The Hall–Kier alpha value is -2.07. The lowest BCUT2D eigenvalue weighted by Crippen LogP contribution is -2.52. The molecule has 0 N–H and O–H groups in total. The van der Waals surface area contributed by atoms with Gasteiger partial charge in [-0.25, -0.2) is 0 Å². The Kier molecular flexibility index (Phi) is 6.04. The lowest BCUT2D eigenvalue weighted by Gasteiger charge is -2.58. The highest BCUT2D eigenvalue weighted by molar-refractivity contribution is 6.30. The zero-order valence-corrected chi connectivity index (χ0v) is 18.1. The van der Waals surface area contributed by atoms with Crippen LogP contribution in [0.5, 0.6) is 0 Å². The third-order valence-electron chi connectivity index (χ3n) is 7.41. The Morgan fingerprint density at radius 2 is 1.61 bits per heavy atom. The summed E-state index contributed by atoms with van der Waals surface area (Å²) >= 11 is 6.13. The van der Waals surface area contributed by atoms with Gasteiger partial charge in [-0.2, -0.15) is 13.2 Å². The van der Waals surface area contributed by atoms with E-state index in [9.17, 15) is 18.0 Å². The molecule has 4 rings (SSSR count). The number of benzene rings is 2. The van der Waals surface area contributed by atoms with E-state index < -0.39 is 11.7 Å². The van der Waals surface area contributed by atoms with Gasteiger partial charge in [-0.3, -0.25) is 0 Å². The van der Waals surface area contributed by atoms with Gasteiger partial charge in [-0.15, -0.1) is 0 Å². The highest BCUT2D eigenvalue weighted by Crippen LogP contribution is 2.62. The molecule has 0 amide bonds. The number of aldehydes is 1. The van der Waals surface area contributed by atoms with Crippen molar-refractivity contribution >= 4 is 24.0 Å². The van der Waals surface area contributed by atoms with E-state index in [1.165, 1.54) is 17.7 Å². The number of hydrogen-bond donors (Lipinski definition) is 0. The normalized spacial score (nSPS) is 25.9. The van der Waals surface area contributed by atoms with Crippen molar-refractivity contribution in [2.45, 2.75) is 56.5 Å². The third-order valence-corrected chi connectivity index (χ3v) is 7.66. The first-order valence-electron chi connectivity index (χ1n) is 10.9. The second-order valence-corrected chi connectivity index (χ2v) is 9.48. The molecule has 164 valence electrons. The maximum absolute atomic E-state index is 12.9. The monoisotopic (exact) mass is 446 g/mol. The predicted octanol–water partition coefficient (Wildman–Crippen LogP) is 7.87. The average molecular weight is 447 g/mol. The van der Waals surface area contributed by atoms with Gasteiger partial charge in [0.25, 0.3) is 0 Å². The van der Waals surface area contributed by atoms with Crippen LogP contribution in [0, 0.1) is 11.3 Å². The smallest absolute Gasteiger partial charge is 0.303 e. The van der Waals surface area contributed by atoms with Gasteiger partial charge < -0.3 is 4.79 Å². The highest BCUT2D eigenvalue weighted by atomic mass is 35.5. The molecule has 2 aromatic rings. The SMILES string of the molecule is O=CC1CCCC(C=Cc2ccc(C(F)(F)F)cc2)(C2(c3ccc(Cl)cc3)CCC2)C1. The number of hydrogen-bond acceptors (Lipinski definition) is 1. The van der Waals surface area contributed by atoms with Crippen molar-refractivity contribution in [1.82, 2.24) is 0 Å². The summed E-state index contributed by atoms with van der Waals surface area (Å²) in [7, 11) is 0. The quantitative estimate of drug-likeness (QED) is 0.427. The van der Waals surface area contributed by atoms with E-state index in [1.807, 2.05) is 18.2 Å². The van der Waals surface area contributed by atoms with Crippen LogP contribution in [0.4, 0.5) is 13.2 Å². The summed E-state index contributed by atoms with van der Waals surface area (Å²) in [5, 5.41) is 0.696. The maximum atomic E-state index is 12.9. The van der Waals surface area contributed by atoms with Gasteiger partial charge in [-0.1, -0.05) is 60.9 Å². The van der Waals surface area contributed by atoms with Crippen molar-refractivity contribution in [3.05, 3.63) is 76.3 Å². The molecule has 1 nitrogen and oxygen atoms in total. The standard InChI is InChI=1S/C26H26ClF3O/c27-23-10-8-21(9-11-23)25(14-2-15-25)24(13-1-3-20(17-24)18-31)16-12-19-4-6-22(7-5-19)26(28,29)30/h4-12,16,18,20H,1-3,13-15,17H2. The van der Waals surface area contributed by atoms with E-state index in [0.717, 1.165) is 68.9 Å². The minimum Gasteiger partial charge on any atom is -0.303 e. The summed E-state index contributed by atoms with van der Waals surface area (Å²) in [6.07, 6.45) is 7.70. The lowest BCUT2D eigenvalue weighted by molar-refractivity contribution is -0.137. The zero-order valence-electron chi connectivity index (χ0n) is 17.3. The molecule has 2 aromatic carbocycles. The van der Waals surface area contributed by atoms with Crippen molar-refractivity contribution in [2.75, 3.05) is 0 Å². The summed E-state index contributed by atoms with van der Waals surface area (Å²) in [5.74, 6) is 0.00998. The summed E-state index contributed by atoms with van der Waals surface area (Å²) in [4.78, 5) is 11.7. The Morgan fingerprint density at radius 3 is 2.16 bits per heavy atom. The van der Waals surface area contributed by atoms with Gasteiger partial charge >= 0.3 is 6.18 Å². The Labute approximate surface area is 186 Å². The maximum Gasteiger partial charge on any atom is 0.416 e. The molecular weight excluding hydrogens is 421 g/mol. The molecular formula is C26H26ClF3O. The molecule has 31 heavy (non-hydrogen) atoms. The van der Waals surface area contributed by atoms with Crippen LogP contribution >= 0.6 is 11.6 Å². The summed E-state index contributed by atoms with van der Waals surface area (Å²) < 4.78 is 38.7. The van der Waals surface area contributed by atoms with Crippen LogP contribution in [0.2, 0.25) is 5.02 Å². The first-order chi connectivity index (χ1) is 14.8. The van der Waals surface area contributed by atoms with Crippen LogP contribution < -0.4 is 0 Å². The molecule has 0 radical (unpaired) electrons. The molecule has 0 spiro atoms. The molecule has 2 saturated carbocycles. The molecule has 5 heteroatoms. The lowest BCUT2D eigenvalue weighted by atomic mass is 9.45. The van der Waals surface area contributed by atoms with Gasteiger partial charge in [-0.05, 0) is 72.9 Å². The molecule has 0 saturated heterocycles. The Morgan fingerprint density at radius 1 is 0.935 bits per heavy atom. The topological polar surface area (TPSA) is 17.1 Å². The van der Waals surface area contributed by atoms with Gasteiger partial charge in [0, 0.05) is 16.4 Å². The summed E-state index contributed by atoms with van der Waals surface area (Å²) in [6, 6.07) is 13.3. The second kappa shape index (κ2) is 8.46. The largest absolute Gasteiger partial charge is 0.416 e. The molecule has 0 heterocycles. The van der Waals surface area contributed by atoms with Gasteiger partial charge in [0.15, 0.2) is 0 Å². The van der Waals surface area contributed by atoms with Crippen LogP contribution in [0.15, 0.2) is 54.6 Å². The van der Waals surface area contributed by atoms with Crippen LogP contribution in [0.1, 0.15) is 61.6 Å². The number of halogens is 4. The molecule has 2 fully saturated rings. The van der Waals surface area contributed by atoms with Gasteiger partial charge in [0.2, 0.25) is 0 Å². The average Bonchev–Trinajstić information content (AvgIpc) is 2.73.